The number of rotatable bonds is 3. The Bertz CT molecular complexity index is 288. The van der Waals surface area contributed by atoms with Crippen molar-refractivity contribution in [3.8, 4) is 0 Å². The summed E-state index contributed by atoms with van der Waals surface area (Å²) in [6, 6.07) is -0.588. The van der Waals surface area contributed by atoms with Crippen LogP contribution in [-0.2, 0) is 14.3 Å². The van der Waals surface area contributed by atoms with Crippen molar-refractivity contribution >= 4 is 17.8 Å². The third-order valence-electron chi connectivity index (χ3n) is 2.17. The molecule has 1 N–H and O–H groups in total. The highest BCUT2D eigenvalue weighted by Gasteiger charge is 2.27. The van der Waals surface area contributed by atoms with E-state index >= 15 is 0 Å². The maximum atomic E-state index is 11.3. The highest BCUT2D eigenvalue weighted by molar-refractivity contribution is 5.92. The van der Waals surface area contributed by atoms with E-state index in [-0.39, 0.29) is 24.7 Å². The molecule has 0 unspecified atom stereocenters. The molecule has 0 radical (unpaired) electrons. The van der Waals surface area contributed by atoms with Gasteiger partial charge in [-0.15, -0.1) is 0 Å². The number of nitrogens with zero attached hydrogens (tertiary/aromatic N) is 1. The Balaban J connectivity index is 2.40. The van der Waals surface area contributed by atoms with Crippen molar-refractivity contribution in [2.45, 2.75) is 18.9 Å². The highest BCUT2D eigenvalue weighted by Crippen LogP contribution is 2.05. The highest BCUT2D eigenvalue weighted by atomic mass is 16.6. The Morgan fingerprint density at radius 2 is 2.20 bits per heavy atom. The predicted octanol–water partition coefficient (Wildman–Crippen LogP) is -0.468. The summed E-state index contributed by atoms with van der Waals surface area (Å²) in [6.45, 7) is -0.202. The number of cyclic esters (lactones) is 1. The fourth-order valence-electron chi connectivity index (χ4n) is 1.23. The maximum Gasteiger partial charge on any atom is 0.408 e. The summed E-state index contributed by atoms with van der Waals surface area (Å²) < 4.78 is 4.48. The van der Waals surface area contributed by atoms with Gasteiger partial charge in [0, 0.05) is 20.5 Å². The van der Waals surface area contributed by atoms with Gasteiger partial charge in [-0.3, -0.25) is 9.59 Å². The average Bonchev–Trinajstić information content (AvgIpc) is 2.18. The average molecular weight is 214 g/mol. The Morgan fingerprint density at radius 3 is 2.80 bits per heavy atom. The Kier molecular flexibility index (Phi) is 3.65. The standard InChI is InChI=1S/C9H14N2O4/c1-11(2)8(13)4-3-6-7(12)5-15-9(14)10-6/h6H,3-5H2,1-2H3,(H,10,14)/t6-/m0/s1. The van der Waals surface area contributed by atoms with Crippen LogP contribution in [0.4, 0.5) is 4.79 Å². The monoisotopic (exact) mass is 214 g/mol. The van der Waals surface area contributed by atoms with E-state index in [1.54, 1.807) is 14.1 Å². The molecule has 0 bridgehead atoms. The molecule has 1 aliphatic rings. The van der Waals surface area contributed by atoms with E-state index in [1.165, 1.54) is 4.90 Å². The number of amides is 2. The zero-order chi connectivity index (χ0) is 11.4. The first-order valence-corrected chi connectivity index (χ1v) is 4.67. The van der Waals surface area contributed by atoms with E-state index in [0.717, 1.165) is 0 Å². The van der Waals surface area contributed by atoms with Crippen LogP contribution in [0.5, 0.6) is 0 Å². The van der Waals surface area contributed by atoms with Gasteiger partial charge in [-0.2, -0.15) is 0 Å². The van der Waals surface area contributed by atoms with Gasteiger partial charge in [0.1, 0.15) is 0 Å². The van der Waals surface area contributed by atoms with Gasteiger partial charge in [-0.1, -0.05) is 0 Å². The topological polar surface area (TPSA) is 75.7 Å². The number of hydrogen-bond acceptors (Lipinski definition) is 4. The number of Topliss-reactive ketones (excluding diaryl/α,β-unsaturated/α-hetero) is 1. The molecule has 0 aliphatic carbocycles. The number of ketones is 1. The molecule has 84 valence electrons. The minimum absolute atomic E-state index is 0.0662. The van der Waals surface area contributed by atoms with Crippen molar-refractivity contribution in [2.24, 2.45) is 0 Å². The molecule has 1 saturated heterocycles. The van der Waals surface area contributed by atoms with Crippen molar-refractivity contribution in [1.29, 1.82) is 0 Å². The Hall–Kier alpha value is -1.59. The van der Waals surface area contributed by atoms with Crippen molar-refractivity contribution < 1.29 is 19.1 Å². The van der Waals surface area contributed by atoms with Gasteiger partial charge in [-0.05, 0) is 6.42 Å². The van der Waals surface area contributed by atoms with Crippen LogP contribution < -0.4 is 5.32 Å². The largest absolute Gasteiger partial charge is 0.441 e. The molecule has 1 fully saturated rings. The number of carbonyl (C=O) groups excluding carboxylic acids is 3. The summed E-state index contributed by atoms with van der Waals surface area (Å²) in [6.07, 6.45) is -0.0360. The smallest absolute Gasteiger partial charge is 0.408 e. The number of nitrogens with one attached hydrogen (secondary N) is 1. The van der Waals surface area contributed by atoms with Crippen molar-refractivity contribution in [1.82, 2.24) is 10.2 Å². The van der Waals surface area contributed by atoms with Crippen LogP contribution in [0, 0.1) is 0 Å². The number of alkyl carbamates (subject to hydrolysis) is 1. The molecule has 0 aromatic heterocycles. The summed E-state index contributed by atoms with van der Waals surface area (Å²) in [5, 5.41) is 2.38. The van der Waals surface area contributed by atoms with E-state index in [4.69, 9.17) is 0 Å². The third-order valence-corrected chi connectivity index (χ3v) is 2.17. The SMILES string of the molecule is CN(C)C(=O)CC[C@@H]1NC(=O)OCC1=O. The first-order valence-electron chi connectivity index (χ1n) is 4.67. The van der Waals surface area contributed by atoms with Crippen LogP contribution in [0.25, 0.3) is 0 Å². The zero-order valence-electron chi connectivity index (χ0n) is 8.78. The lowest BCUT2D eigenvalue weighted by atomic mass is 10.1. The van der Waals surface area contributed by atoms with Crippen LogP contribution in [0.3, 0.4) is 0 Å². The fourth-order valence-corrected chi connectivity index (χ4v) is 1.23. The van der Waals surface area contributed by atoms with Gasteiger partial charge < -0.3 is 15.0 Å². The van der Waals surface area contributed by atoms with Crippen molar-refractivity contribution in [2.75, 3.05) is 20.7 Å². The Labute approximate surface area is 87.6 Å². The minimum Gasteiger partial charge on any atom is -0.441 e. The molecule has 1 rings (SSSR count). The summed E-state index contributed by atoms with van der Waals surface area (Å²) in [4.78, 5) is 34.8. The zero-order valence-corrected chi connectivity index (χ0v) is 8.78. The summed E-state index contributed by atoms with van der Waals surface area (Å²) in [5.74, 6) is -0.260. The van der Waals surface area contributed by atoms with Gasteiger partial charge in [-0.25, -0.2) is 4.79 Å². The van der Waals surface area contributed by atoms with Crippen LogP contribution in [0.1, 0.15) is 12.8 Å². The molecule has 0 aromatic rings. The number of hydrogen-bond donors (Lipinski definition) is 1. The first-order chi connectivity index (χ1) is 7.00. The number of carbonyl (C=O) groups is 3. The van der Waals surface area contributed by atoms with E-state index < -0.39 is 12.1 Å². The molecule has 0 saturated carbocycles. The second-order valence-corrected chi connectivity index (χ2v) is 3.57. The van der Waals surface area contributed by atoms with Crippen LogP contribution in [0.15, 0.2) is 0 Å². The van der Waals surface area contributed by atoms with Crippen LogP contribution in [0.2, 0.25) is 0 Å². The normalized spacial score (nSPS) is 20.5. The van der Waals surface area contributed by atoms with E-state index in [9.17, 15) is 14.4 Å². The second-order valence-electron chi connectivity index (χ2n) is 3.57. The lowest BCUT2D eigenvalue weighted by Gasteiger charge is -2.22. The lowest BCUT2D eigenvalue weighted by molar-refractivity contribution is -0.130. The molecule has 0 aromatic carbocycles. The van der Waals surface area contributed by atoms with E-state index in [0.29, 0.717) is 6.42 Å². The molecule has 2 amide bonds. The third kappa shape index (κ3) is 3.23. The van der Waals surface area contributed by atoms with Crippen molar-refractivity contribution in [3.63, 3.8) is 0 Å². The minimum atomic E-state index is -0.600. The molecule has 6 heteroatoms. The molecule has 6 nitrogen and oxygen atoms in total. The van der Waals surface area contributed by atoms with Crippen LogP contribution >= 0.6 is 0 Å². The van der Waals surface area contributed by atoms with Gasteiger partial charge in [0.05, 0.1) is 6.04 Å². The molecule has 1 heterocycles. The van der Waals surface area contributed by atoms with E-state index in [2.05, 4.69) is 10.1 Å². The summed E-state index contributed by atoms with van der Waals surface area (Å²) in [5.41, 5.74) is 0. The molecule has 1 aliphatic heterocycles. The lowest BCUT2D eigenvalue weighted by Crippen LogP contribution is -2.48. The molecule has 0 spiro atoms. The summed E-state index contributed by atoms with van der Waals surface area (Å²) >= 11 is 0. The van der Waals surface area contributed by atoms with Crippen molar-refractivity contribution in [3.05, 3.63) is 0 Å². The van der Waals surface area contributed by atoms with Gasteiger partial charge >= 0.3 is 6.09 Å². The first kappa shape index (κ1) is 11.5. The van der Waals surface area contributed by atoms with Crippen LogP contribution in [-0.4, -0.2) is 49.4 Å². The maximum absolute atomic E-state index is 11.3. The quantitative estimate of drug-likeness (QED) is 0.689. The van der Waals surface area contributed by atoms with E-state index in [1.807, 2.05) is 0 Å². The van der Waals surface area contributed by atoms with Gasteiger partial charge in [0.2, 0.25) is 5.91 Å². The molecule has 15 heavy (non-hydrogen) atoms. The van der Waals surface area contributed by atoms with Gasteiger partial charge in [0.25, 0.3) is 0 Å². The molecule has 1 atom stereocenters. The second kappa shape index (κ2) is 4.77. The molecular formula is C9H14N2O4. The Morgan fingerprint density at radius 1 is 1.53 bits per heavy atom. The predicted molar refractivity (Wildman–Crippen MR) is 51.2 cm³/mol. The fraction of sp³-hybridized carbons (Fsp3) is 0.667. The molecular weight excluding hydrogens is 200 g/mol. The summed E-state index contributed by atoms with van der Waals surface area (Å²) in [7, 11) is 3.29. The number of ether oxygens (including phenoxy) is 1. The van der Waals surface area contributed by atoms with Gasteiger partial charge in [0.15, 0.2) is 12.4 Å².